The predicted octanol–water partition coefficient (Wildman–Crippen LogP) is 2.25. The highest BCUT2D eigenvalue weighted by Gasteiger charge is 2.24. The fraction of sp³-hybridized carbons (Fsp3) is 0.150. The van der Waals surface area contributed by atoms with Gasteiger partial charge in [-0.3, -0.25) is 9.89 Å². The van der Waals surface area contributed by atoms with Gasteiger partial charge >= 0.3 is 0 Å². The molecular weight excluding hydrogens is 378 g/mol. The Morgan fingerprint density at radius 1 is 1.24 bits per heavy atom. The number of nitrogen functional groups attached to an aromatic ring is 1. The molecule has 3 aromatic rings. The van der Waals surface area contributed by atoms with Gasteiger partial charge in [0.15, 0.2) is 5.82 Å². The Bertz CT molecular complexity index is 1070. The van der Waals surface area contributed by atoms with Crippen LogP contribution in [0.4, 0.5) is 14.5 Å². The van der Waals surface area contributed by atoms with E-state index in [0.717, 1.165) is 5.56 Å². The molecule has 0 saturated heterocycles. The Morgan fingerprint density at radius 3 is 2.59 bits per heavy atom. The van der Waals surface area contributed by atoms with Crippen molar-refractivity contribution in [1.29, 1.82) is 0 Å². The second-order valence-electron chi connectivity index (χ2n) is 6.84. The van der Waals surface area contributed by atoms with E-state index >= 15 is 0 Å². The molecule has 1 amide bonds. The molecule has 0 aliphatic heterocycles. The lowest BCUT2D eigenvalue weighted by Gasteiger charge is -2.24. The number of aromatic nitrogens is 3. The van der Waals surface area contributed by atoms with E-state index in [1.165, 1.54) is 18.2 Å². The molecule has 0 aliphatic rings. The van der Waals surface area contributed by atoms with Gasteiger partial charge in [-0.2, -0.15) is 5.10 Å². The van der Waals surface area contributed by atoms with Gasteiger partial charge in [0.05, 0.1) is 17.6 Å². The zero-order valence-electron chi connectivity index (χ0n) is 15.6. The molecule has 9 heteroatoms. The molecule has 3 rings (SSSR count). The summed E-state index contributed by atoms with van der Waals surface area (Å²) >= 11 is 0. The van der Waals surface area contributed by atoms with Gasteiger partial charge in [-0.05, 0) is 36.8 Å². The number of H-pyrrole nitrogens is 1. The Balaban J connectivity index is 1.96. The lowest BCUT2D eigenvalue weighted by atomic mass is 9.89. The largest absolute Gasteiger partial charge is 0.396 e. The number of hydrogen-bond donors (Lipinski definition) is 4. The zero-order valence-corrected chi connectivity index (χ0v) is 15.6. The average Bonchev–Trinajstić information content (AvgIpc) is 3.11. The van der Waals surface area contributed by atoms with Gasteiger partial charge in [0, 0.05) is 11.1 Å². The maximum Gasteiger partial charge on any atom is 0.225 e. The second kappa shape index (κ2) is 7.80. The normalized spacial score (nSPS) is 13.5. The summed E-state index contributed by atoms with van der Waals surface area (Å²) in [5, 5.41) is 6.58. The first-order valence-corrected chi connectivity index (χ1v) is 8.69. The van der Waals surface area contributed by atoms with Crippen LogP contribution >= 0.6 is 0 Å². The maximum absolute atomic E-state index is 14.5. The summed E-state index contributed by atoms with van der Waals surface area (Å²) in [5.74, 6) is -1.15. The molecule has 1 atom stereocenters. The van der Waals surface area contributed by atoms with Crippen LogP contribution in [0.3, 0.4) is 0 Å². The number of benzene rings is 2. The van der Waals surface area contributed by atoms with Crippen molar-refractivity contribution in [2.45, 2.75) is 18.9 Å². The Kier molecular flexibility index (Phi) is 5.42. The van der Waals surface area contributed by atoms with Crippen molar-refractivity contribution >= 4 is 17.7 Å². The van der Waals surface area contributed by atoms with E-state index in [1.807, 2.05) is 0 Å². The molecule has 0 aliphatic carbocycles. The van der Waals surface area contributed by atoms with Crippen LogP contribution in [-0.4, -0.2) is 21.1 Å². The van der Waals surface area contributed by atoms with Crippen molar-refractivity contribution in [1.82, 2.24) is 15.2 Å². The van der Waals surface area contributed by atoms with Crippen LogP contribution in [0.5, 0.6) is 0 Å². The maximum atomic E-state index is 14.5. The van der Waals surface area contributed by atoms with E-state index in [0.29, 0.717) is 11.1 Å². The monoisotopic (exact) mass is 398 g/mol. The molecule has 0 bridgehead atoms. The van der Waals surface area contributed by atoms with Crippen molar-refractivity contribution in [2.75, 3.05) is 5.73 Å². The molecule has 7 N–H and O–H groups in total. The number of hydrogen-bond acceptors (Lipinski definition) is 5. The van der Waals surface area contributed by atoms with Crippen molar-refractivity contribution in [3.63, 3.8) is 0 Å². The Labute approximate surface area is 165 Å². The van der Waals surface area contributed by atoms with Gasteiger partial charge in [-0.25, -0.2) is 13.8 Å². The predicted molar refractivity (Wildman–Crippen MR) is 106 cm³/mol. The molecular formula is C20H20F2N6O. The topological polar surface area (TPSA) is 137 Å². The van der Waals surface area contributed by atoms with Gasteiger partial charge in [0.2, 0.25) is 5.91 Å². The number of aromatic amines is 1. The first-order valence-electron chi connectivity index (χ1n) is 8.69. The van der Waals surface area contributed by atoms with Crippen molar-refractivity contribution in [3.8, 4) is 11.4 Å². The fourth-order valence-electron chi connectivity index (χ4n) is 2.79. The minimum absolute atomic E-state index is 0.101. The van der Waals surface area contributed by atoms with E-state index in [9.17, 15) is 13.6 Å². The zero-order chi connectivity index (χ0) is 21.2. The first kappa shape index (κ1) is 20.2. The second-order valence-corrected chi connectivity index (χ2v) is 6.84. The van der Waals surface area contributed by atoms with Gasteiger partial charge in [0.25, 0.3) is 0 Å². The lowest BCUT2D eigenvalue weighted by molar-refractivity contribution is -0.117. The van der Waals surface area contributed by atoms with Crippen molar-refractivity contribution < 1.29 is 13.6 Å². The quantitative estimate of drug-likeness (QED) is 0.472. The minimum Gasteiger partial charge on any atom is -0.396 e. The lowest BCUT2D eigenvalue weighted by Crippen LogP contribution is -2.31. The van der Waals surface area contributed by atoms with Gasteiger partial charge in [-0.15, -0.1) is 0 Å². The van der Waals surface area contributed by atoms with E-state index in [1.54, 1.807) is 37.3 Å². The molecule has 0 spiro atoms. The number of halogens is 2. The molecule has 1 unspecified atom stereocenters. The first-order chi connectivity index (χ1) is 13.7. The molecule has 29 heavy (non-hydrogen) atoms. The van der Waals surface area contributed by atoms with Crippen molar-refractivity contribution in [2.24, 2.45) is 11.5 Å². The molecule has 1 aromatic heterocycles. The molecule has 150 valence electrons. The molecule has 0 radical (unpaired) electrons. The standard InChI is InChI=1S/C20H20F2N6O/c1-20(25,7-6-11-2-4-13(21)5-3-11)14-8-12(9-15(22)18(14)24)19-26-17(27-28-19)10-16(23)29/h2-9H,10,24-25H2,1H3,(H2,23,29)(H,26,27,28)/b7-6+. The van der Waals surface area contributed by atoms with E-state index in [2.05, 4.69) is 15.2 Å². The van der Waals surface area contributed by atoms with Gasteiger partial charge < -0.3 is 17.2 Å². The van der Waals surface area contributed by atoms with E-state index in [4.69, 9.17) is 17.2 Å². The molecule has 0 fully saturated rings. The number of carbonyl (C=O) groups excluding carboxylic acids is 1. The van der Waals surface area contributed by atoms with Crippen LogP contribution in [0.25, 0.3) is 17.5 Å². The van der Waals surface area contributed by atoms with Crippen LogP contribution < -0.4 is 17.2 Å². The van der Waals surface area contributed by atoms with Gasteiger partial charge in [-0.1, -0.05) is 24.3 Å². The third-order valence-corrected chi connectivity index (χ3v) is 4.33. The average molecular weight is 398 g/mol. The third kappa shape index (κ3) is 4.64. The highest BCUT2D eigenvalue weighted by Crippen LogP contribution is 2.32. The SMILES string of the molecule is CC(N)(/C=C/c1ccc(F)cc1)c1cc(-c2n[nH]c(CC(N)=O)n2)cc(F)c1N. The molecule has 0 saturated carbocycles. The van der Waals surface area contributed by atoms with Crippen LogP contribution in [0.1, 0.15) is 23.9 Å². The smallest absolute Gasteiger partial charge is 0.225 e. The highest BCUT2D eigenvalue weighted by molar-refractivity contribution is 5.76. The summed E-state index contributed by atoms with van der Waals surface area (Å²) in [4.78, 5) is 15.2. The van der Waals surface area contributed by atoms with E-state index < -0.39 is 17.3 Å². The van der Waals surface area contributed by atoms with Crippen LogP contribution in [0.2, 0.25) is 0 Å². The number of rotatable bonds is 6. The van der Waals surface area contributed by atoms with Crippen LogP contribution in [0.15, 0.2) is 42.5 Å². The highest BCUT2D eigenvalue weighted by atomic mass is 19.1. The summed E-state index contributed by atoms with van der Waals surface area (Å²) in [6.07, 6.45) is 3.22. The minimum atomic E-state index is -1.14. The molecule has 2 aromatic carbocycles. The summed E-state index contributed by atoms with van der Waals surface area (Å²) < 4.78 is 27.5. The molecule has 1 heterocycles. The van der Waals surface area contributed by atoms with E-state index in [-0.39, 0.29) is 29.6 Å². The number of carbonyl (C=O) groups is 1. The van der Waals surface area contributed by atoms with Crippen molar-refractivity contribution in [3.05, 3.63) is 71.1 Å². The molecule has 7 nitrogen and oxygen atoms in total. The number of anilines is 1. The van der Waals surface area contributed by atoms with Gasteiger partial charge in [0.1, 0.15) is 17.5 Å². The Hall–Kier alpha value is -3.59. The number of amides is 1. The number of nitrogens with one attached hydrogen (secondary N) is 1. The number of primary amides is 1. The summed E-state index contributed by atoms with van der Waals surface area (Å²) in [7, 11) is 0. The number of nitrogens with zero attached hydrogens (tertiary/aromatic N) is 2. The summed E-state index contributed by atoms with van der Waals surface area (Å²) in [6.45, 7) is 1.67. The fourth-order valence-corrected chi connectivity index (χ4v) is 2.79. The summed E-state index contributed by atoms with van der Waals surface area (Å²) in [6, 6.07) is 8.62. The third-order valence-electron chi connectivity index (χ3n) is 4.33. The van der Waals surface area contributed by atoms with Crippen LogP contribution in [0, 0.1) is 11.6 Å². The van der Waals surface area contributed by atoms with Crippen LogP contribution in [-0.2, 0) is 16.8 Å². The number of nitrogens with two attached hydrogens (primary N) is 3. The summed E-state index contributed by atoms with van der Waals surface area (Å²) in [5.41, 5.74) is 17.6. The Morgan fingerprint density at radius 2 is 1.93 bits per heavy atom.